The first-order chi connectivity index (χ1) is 12.2. The van der Waals surface area contributed by atoms with Gasteiger partial charge < -0.3 is 10.1 Å². The van der Waals surface area contributed by atoms with Gasteiger partial charge in [0, 0.05) is 6.04 Å². The molecule has 1 saturated heterocycles. The Labute approximate surface area is 150 Å². The van der Waals surface area contributed by atoms with E-state index in [1.165, 1.54) is 5.56 Å². The summed E-state index contributed by atoms with van der Waals surface area (Å²) in [6.07, 6.45) is 5.74. The molecule has 1 aromatic carbocycles. The molecule has 1 atom stereocenters. The van der Waals surface area contributed by atoms with Gasteiger partial charge in [0.1, 0.15) is 11.3 Å². The summed E-state index contributed by atoms with van der Waals surface area (Å²) in [5.74, 6) is 0.854. The maximum absolute atomic E-state index is 12.5. The Balaban J connectivity index is 1.61. The zero-order valence-electron chi connectivity index (χ0n) is 15.0. The van der Waals surface area contributed by atoms with Gasteiger partial charge in [0.15, 0.2) is 0 Å². The van der Waals surface area contributed by atoms with Gasteiger partial charge in [-0.2, -0.15) is 5.26 Å². The lowest BCUT2D eigenvalue weighted by molar-refractivity contribution is -0.123. The number of rotatable bonds is 6. The van der Waals surface area contributed by atoms with Crippen molar-refractivity contribution < 1.29 is 9.53 Å². The van der Waals surface area contributed by atoms with Gasteiger partial charge in [-0.25, -0.2) is 0 Å². The molecular weight excluding hydrogens is 314 g/mol. The highest BCUT2D eigenvalue weighted by molar-refractivity contribution is 5.79. The van der Waals surface area contributed by atoms with Crippen LogP contribution in [0.3, 0.4) is 0 Å². The first kappa shape index (κ1) is 17.8. The first-order valence-electron chi connectivity index (χ1n) is 9.35. The van der Waals surface area contributed by atoms with Crippen molar-refractivity contribution >= 4 is 5.91 Å². The molecule has 2 fully saturated rings. The van der Waals surface area contributed by atoms with Crippen LogP contribution in [0.25, 0.3) is 0 Å². The third-order valence-electron chi connectivity index (χ3n) is 5.34. The smallest absolute Gasteiger partial charge is 0.235 e. The molecule has 3 rings (SSSR count). The molecule has 0 bridgehead atoms. The van der Waals surface area contributed by atoms with E-state index in [-0.39, 0.29) is 11.9 Å². The highest BCUT2D eigenvalue weighted by atomic mass is 16.5. The van der Waals surface area contributed by atoms with Gasteiger partial charge >= 0.3 is 0 Å². The molecule has 1 heterocycles. The van der Waals surface area contributed by atoms with Crippen molar-refractivity contribution in [2.75, 3.05) is 19.7 Å². The van der Waals surface area contributed by atoms with E-state index in [2.05, 4.69) is 28.4 Å². The molecule has 1 unspecified atom stereocenters. The summed E-state index contributed by atoms with van der Waals surface area (Å²) in [6, 6.07) is 10.8. The highest BCUT2D eigenvalue weighted by Gasteiger charge is 2.36. The first-order valence-corrected chi connectivity index (χ1v) is 9.35. The van der Waals surface area contributed by atoms with Gasteiger partial charge in [0.2, 0.25) is 5.91 Å². The van der Waals surface area contributed by atoms with E-state index in [0.29, 0.717) is 13.2 Å². The molecule has 1 aromatic rings. The second kappa shape index (κ2) is 7.88. The largest absolute Gasteiger partial charge is 0.494 e. The van der Waals surface area contributed by atoms with E-state index in [1.54, 1.807) is 0 Å². The van der Waals surface area contributed by atoms with Crippen molar-refractivity contribution in [3.05, 3.63) is 29.8 Å². The third kappa shape index (κ3) is 4.13. The fraction of sp³-hybridized carbons (Fsp3) is 0.600. The van der Waals surface area contributed by atoms with Crippen molar-refractivity contribution in [2.45, 2.75) is 57.0 Å². The minimum absolute atomic E-state index is 0.0266. The van der Waals surface area contributed by atoms with E-state index < -0.39 is 5.54 Å². The molecular formula is C20H27N3O2. The predicted octanol–water partition coefficient (Wildman–Crippen LogP) is 3.17. The summed E-state index contributed by atoms with van der Waals surface area (Å²) in [7, 11) is 0. The quantitative estimate of drug-likeness (QED) is 0.863. The summed E-state index contributed by atoms with van der Waals surface area (Å²) in [5.41, 5.74) is 0.593. The molecule has 5 nitrogen and oxygen atoms in total. The number of hydrogen-bond donors (Lipinski definition) is 1. The minimum Gasteiger partial charge on any atom is -0.494 e. The number of benzene rings is 1. The molecule has 134 valence electrons. The Morgan fingerprint density at radius 1 is 1.32 bits per heavy atom. The van der Waals surface area contributed by atoms with Crippen molar-refractivity contribution in [1.29, 1.82) is 5.26 Å². The molecule has 0 radical (unpaired) electrons. The van der Waals surface area contributed by atoms with Crippen LogP contribution in [0.15, 0.2) is 24.3 Å². The van der Waals surface area contributed by atoms with Crippen LogP contribution in [-0.2, 0) is 4.79 Å². The van der Waals surface area contributed by atoms with Gasteiger partial charge in [-0.1, -0.05) is 12.1 Å². The van der Waals surface area contributed by atoms with Crippen LogP contribution in [0.5, 0.6) is 5.75 Å². The van der Waals surface area contributed by atoms with Gasteiger partial charge in [-0.15, -0.1) is 0 Å². The van der Waals surface area contributed by atoms with Crippen LogP contribution in [-0.4, -0.2) is 36.0 Å². The van der Waals surface area contributed by atoms with Crippen molar-refractivity contribution in [3.8, 4) is 11.8 Å². The van der Waals surface area contributed by atoms with E-state index in [4.69, 9.17) is 4.74 Å². The van der Waals surface area contributed by atoms with Crippen LogP contribution in [0.4, 0.5) is 0 Å². The van der Waals surface area contributed by atoms with Crippen LogP contribution < -0.4 is 10.1 Å². The van der Waals surface area contributed by atoms with Crippen LogP contribution in [0, 0.1) is 11.3 Å². The topological polar surface area (TPSA) is 65.4 Å². The maximum atomic E-state index is 12.5. The maximum Gasteiger partial charge on any atom is 0.235 e. The molecule has 25 heavy (non-hydrogen) atoms. The summed E-state index contributed by atoms with van der Waals surface area (Å²) < 4.78 is 5.50. The zero-order chi connectivity index (χ0) is 17.7. The van der Waals surface area contributed by atoms with Crippen molar-refractivity contribution in [2.24, 2.45) is 0 Å². The van der Waals surface area contributed by atoms with Gasteiger partial charge in [-0.05, 0) is 69.7 Å². The number of carbonyl (C=O) groups excluding carboxylic acids is 1. The number of nitrogens with zero attached hydrogens (tertiary/aromatic N) is 2. The zero-order valence-corrected chi connectivity index (χ0v) is 15.0. The molecule has 1 amide bonds. The lowest BCUT2D eigenvalue weighted by Crippen LogP contribution is -2.48. The molecule has 1 aliphatic carbocycles. The predicted molar refractivity (Wildman–Crippen MR) is 96.1 cm³/mol. The number of ether oxygens (including phenoxy) is 1. The Morgan fingerprint density at radius 2 is 2.04 bits per heavy atom. The summed E-state index contributed by atoms with van der Waals surface area (Å²) in [6.45, 7) is 3.92. The SMILES string of the molecule is CCOc1ccc(C2CCCN2CC(=O)NC2(C#N)CCCC2)cc1. The minimum atomic E-state index is -0.633. The van der Waals surface area contributed by atoms with Crippen molar-refractivity contribution in [1.82, 2.24) is 10.2 Å². The number of likely N-dealkylation sites (tertiary alicyclic amines) is 1. The Bertz CT molecular complexity index is 629. The van der Waals surface area contributed by atoms with Crippen LogP contribution >= 0.6 is 0 Å². The molecule has 1 N–H and O–H groups in total. The van der Waals surface area contributed by atoms with Gasteiger partial charge in [0.25, 0.3) is 0 Å². The third-order valence-corrected chi connectivity index (χ3v) is 5.34. The van der Waals surface area contributed by atoms with E-state index in [0.717, 1.165) is 50.8 Å². The molecule has 5 heteroatoms. The summed E-state index contributed by atoms with van der Waals surface area (Å²) in [5, 5.41) is 12.4. The standard InChI is InChI=1S/C20H27N3O2/c1-2-25-17-9-7-16(8-10-17)18-6-5-13-23(18)14-19(24)22-20(15-21)11-3-4-12-20/h7-10,18H,2-6,11-14H2,1H3,(H,22,24). The molecule has 1 aliphatic heterocycles. The Hall–Kier alpha value is -2.06. The average Bonchev–Trinajstić information content (AvgIpc) is 3.26. The second-order valence-electron chi connectivity index (χ2n) is 7.08. The Morgan fingerprint density at radius 3 is 2.68 bits per heavy atom. The number of nitrogens with one attached hydrogen (secondary N) is 1. The van der Waals surface area contributed by atoms with Crippen LogP contribution in [0.2, 0.25) is 0 Å². The summed E-state index contributed by atoms with van der Waals surface area (Å²) >= 11 is 0. The molecule has 1 saturated carbocycles. The summed E-state index contributed by atoms with van der Waals surface area (Å²) in [4.78, 5) is 14.7. The molecule has 0 spiro atoms. The average molecular weight is 341 g/mol. The van der Waals surface area contributed by atoms with E-state index in [9.17, 15) is 10.1 Å². The number of nitriles is 1. The van der Waals surface area contributed by atoms with E-state index >= 15 is 0 Å². The fourth-order valence-electron chi connectivity index (χ4n) is 4.08. The second-order valence-corrected chi connectivity index (χ2v) is 7.08. The Kier molecular flexibility index (Phi) is 5.60. The number of amides is 1. The van der Waals surface area contributed by atoms with Crippen LogP contribution in [0.1, 0.15) is 57.1 Å². The number of hydrogen-bond acceptors (Lipinski definition) is 4. The normalized spacial score (nSPS) is 22.5. The lowest BCUT2D eigenvalue weighted by atomic mass is 10.00. The number of carbonyl (C=O) groups is 1. The van der Waals surface area contributed by atoms with Gasteiger partial charge in [-0.3, -0.25) is 9.69 Å². The van der Waals surface area contributed by atoms with E-state index in [1.807, 2.05) is 19.1 Å². The van der Waals surface area contributed by atoms with Gasteiger partial charge in [0.05, 0.1) is 19.2 Å². The fourth-order valence-corrected chi connectivity index (χ4v) is 4.08. The molecule has 2 aliphatic rings. The lowest BCUT2D eigenvalue weighted by Gasteiger charge is -2.27. The monoisotopic (exact) mass is 341 g/mol. The molecule has 0 aromatic heterocycles. The highest BCUT2D eigenvalue weighted by Crippen LogP contribution is 2.33. The van der Waals surface area contributed by atoms with Crippen molar-refractivity contribution in [3.63, 3.8) is 0 Å².